The van der Waals surface area contributed by atoms with Crippen LogP contribution in [-0.2, 0) is 4.74 Å². The van der Waals surface area contributed by atoms with Crippen LogP contribution in [0, 0.1) is 11.8 Å². The average Bonchev–Trinajstić information content (AvgIpc) is 2.88. The molecule has 2 aromatic rings. The first-order valence-electron chi connectivity index (χ1n) is 7.43. The van der Waals surface area contributed by atoms with Crippen LogP contribution in [0.1, 0.15) is 43.2 Å². The van der Waals surface area contributed by atoms with Gasteiger partial charge >= 0.3 is 12.1 Å². The van der Waals surface area contributed by atoms with Gasteiger partial charge < -0.3 is 15.2 Å². The van der Waals surface area contributed by atoms with Gasteiger partial charge in [0.15, 0.2) is 5.69 Å². The molecule has 0 saturated heterocycles. The summed E-state index contributed by atoms with van der Waals surface area (Å²) in [6.07, 6.45) is -0.0238. The fourth-order valence-corrected chi connectivity index (χ4v) is 1.96. The number of hydrogen-bond donors (Lipinski definition) is 3. The molecule has 7 nitrogen and oxygen atoms in total. The highest BCUT2D eigenvalue weighted by Gasteiger charge is 2.15. The topological polar surface area (TPSA) is 104 Å². The summed E-state index contributed by atoms with van der Waals surface area (Å²) < 4.78 is 5.11. The van der Waals surface area contributed by atoms with E-state index in [0.717, 1.165) is 0 Å². The number of carboxylic acids is 1. The van der Waals surface area contributed by atoms with E-state index >= 15 is 0 Å². The monoisotopic (exact) mass is 329 g/mol. The van der Waals surface area contributed by atoms with Gasteiger partial charge in [0.25, 0.3) is 0 Å². The van der Waals surface area contributed by atoms with Gasteiger partial charge in [0.2, 0.25) is 0 Å². The molecule has 0 radical (unpaired) electrons. The molecule has 126 valence electrons. The maximum absolute atomic E-state index is 11.5. The molecule has 3 N–H and O–H groups in total. The van der Waals surface area contributed by atoms with Crippen molar-refractivity contribution in [2.45, 2.75) is 32.8 Å². The van der Waals surface area contributed by atoms with Crippen molar-refractivity contribution in [2.75, 3.05) is 6.54 Å². The van der Waals surface area contributed by atoms with Crippen molar-refractivity contribution in [3.05, 3.63) is 29.5 Å². The number of ether oxygens (including phenoxy) is 1. The Balaban J connectivity index is 1.94. The van der Waals surface area contributed by atoms with E-state index in [9.17, 15) is 9.59 Å². The van der Waals surface area contributed by atoms with Gasteiger partial charge in [-0.1, -0.05) is 11.8 Å². The minimum atomic E-state index is -1.09. The Morgan fingerprint density at radius 2 is 2.12 bits per heavy atom. The maximum Gasteiger partial charge on any atom is 0.407 e. The molecule has 1 amide bonds. The summed E-state index contributed by atoms with van der Waals surface area (Å²) in [6, 6.07) is 5.19. The second kappa shape index (κ2) is 7.04. The second-order valence-corrected chi connectivity index (χ2v) is 6.12. The van der Waals surface area contributed by atoms with Gasteiger partial charge in [-0.15, -0.1) is 0 Å². The Labute approximate surface area is 139 Å². The maximum atomic E-state index is 11.5. The Kier molecular flexibility index (Phi) is 5.09. The lowest BCUT2D eigenvalue weighted by atomic mass is 10.1. The Morgan fingerprint density at radius 1 is 1.38 bits per heavy atom. The predicted molar refractivity (Wildman–Crippen MR) is 88.8 cm³/mol. The number of carboxylic acid groups (broad SMARTS) is 1. The molecule has 0 aliphatic rings. The van der Waals surface area contributed by atoms with Crippen molar-refractivity contribution in [3.8, 4) is 11.8 Å². The van der Waals surface area contributed by atoms with Gasteiger partial charge in [-0.25, -0.2) is 9.59 Å². The first-order valence-corrected chi connectivity index (χ1v) is 7.43. The number of nitrogens with one attached hydrogen (secondary N) is 2. The largest absolute Gasteiger partial charge is 0.476 e. The summed E-state index contributed by atoms with van der Waals surface area (Å²) >= 11 is 0. The molecule has 0 fully saturated rings. The van der Waals surface area contributed by atoms with Crippen LogP contribution in [0.4, 0.5) is 4.79 Å². The number of fused-ring (bicyclic) bond motifs is 1. The van der Waals surface area contributed by atoms with Crippen LogP contribution in [0.3, 0.4) is 0 Å². The third-order valence-corrected chi connectivity index (χ3v) is 2.92. The molecular formula is C17H19N3O4. The number of carbonyl (C=O) groups is 2. The number of aromatic nitrogens is 2. The molecule has 0 aliphatic carbocycles. The molecule has 0 atom stereocenters. The fraction of sp³-hybridized carbons (Fsp3) is 0.353. The molecule has 0 bridgehead atoms. The molecule has 0 saturated carbocycles. The van der Waals surface area contributed by atoms with Gasteiger partial charge in [0.1, 0.15) is 5.60 Å². The number of rotatable bonds is 3. The molecule has 1 heterocycles. The minimum Gasteiger partial charge on any atom is -0.476 e. The summed E-state index contributed by atoms with van der Waals surface area (Å²) in [7, 11) is 0. The van der Waals surface area contributed by atoms with Gasteiger partial charge in [0, 0.05) is 23.9 Å². The lowest BCUT2D eigenvalue weighted by Crippen LogP contribution is -2.32. The second-order valence-electron chi connectivity index (χ2n) is 6.12. The third kappa shape index (κ3) is 4.74. The SMILES string of the molecule is CC(C)(C)OC(=O)NCCC#Cc1ccc2[nH]nc(C(=O)O)c2c1. The highest BCUT2D eigenvalue weighted by Crippen LogP contribution is 2.17. The van der Waals surface area contributed by atoms with E-state index in [1.165, 1.54) is 0 Å². The molecule has 0 spiro atoms. The third-order valence-electron chi connectivity index (χ3n) is 2.92. The average molecular weight is 329 g/mol. The van der Waals surface area contributed by atoms with E-state index in [1.807, 2.05) is 0 Å². The number of benzene rings is 1. The molecule has 7 heteroatoms. The van der Waals surface area contributed by atoms with Crippen molar-refractivity contribution in [1.82, 2.24) is 15.5 Å². The van der Waals surface area contributed by atoms with Crippen LogP contribution >= 0.6 is 0 Å². The molecule has 24 heavy (non-hydrogen) atoms. The zero-order chi connectivity index (χ0) is 17.7. The molecule has 1 aromatic carbocycles. The van der Waals surface area contributed by atoms with Gasteiger partial charge in [0.05, 0.1) is 5.52 Å². The van der Waals surface area contributed by atoms with E-state index in [4.69, 9.17) is 9.84 Å². The molecule has 2 rings (SSSR count). The molecule has 0 aliphatic heterocycles. The van der Waals surface area contributed by atoms with E-state index < -0.39 is 17.7 Å². The molecule has 0 unspecified atom stereocenters. The summed E-state index contributed by atoms with van der Waals surface area (Å²) in [4.78, 5) is 22.5. The first kappa shape index (κ1) is 17.3. The predicted octanol–water partition coefficient (Wildman–Crippen LogP) is 2.53. The number of aromatic amines is 1. The standard InChI is InChI=1S/C17H19N3O4/c1-17(2,3)24-16(23)18-9-5-4-6-11-7-8-13-12(10-11)14(15(21)22)20-19-13/h7-8,10H,5,9H2,1-3H3,(H,18,23)(H,19,20)(H,21,22). The smallest absolute Gasteiger partial charge is 0.407 e. The Hall–Kier alpha value is -3.01. The zero-order valence-electron chi connectivity index (χ0n) is 13.8. The van der Waals surface area contributed by atoms with Crippen molar-refractivity contribution in [1.29, 1.82) is 0 Å². The van der Waals surface area contributed by atoms with E-state index in [2.05, 4.69) is 27.4 Å². The van der Waals surface area contributed by atoms with Crippen LogP contribution in [-0.4, -0.2) is 39.5 Å². The summed E-state index contributed by atoms with van der Waals surface area (Å²) in [6.45, 7) is 5.76. The minimum absolute atomic E-state index is 0.0276. The lowest BCUT2D eigenvalue weighted by molar-refractivity contribution is 0.0528. The fourth-order valence-electron chi connectivity index (χ4n) is 1.96. The number of nitrogens with zero attached hydrogens (tertiary/aromatic N) is 1. The van der Waals surface area contributed by atoms with Crippen molar-refractivity contribution in [2.24, 2.45) is 0 Å². The van der Waals surface area contributed by atoms with Crippen LogP contribution in [0.5, 0.6) is 0 Å². The number of alkyl carbamates (subject to hydrolysis) is 1. The lowest BCUT2D eigenvalue weighted by Gasteiger charge is -2.19. The summed E-state index contributed by atoms with van der Waals surface area (Å²) in [5, 5.41) is 18.6. The number of amides is 1. The number of H-pyrrole nitrogens is 1. The molecular weight excluding hydrogens is 310 g/mol. The highest BCUT2D eigenvalue weighted by atomic mass is 16.6. The Bertz CT molecular complexity index is 822. The van der Waals surface area contributed by atoms with Crippen LogP contribution in [0.15, 0.2) is 18.2 Å². The zero-order valence-corrected chi connectivity index (χ0v) is 13.8. The van der Waals surface area contributed by atoms with Gasteiger partial charge in [-0.3, -0.25) is 5.10 Å². The Morgan fingerprint density at radius 3 is 2.79 bits per heavy atom. The van der Waals surface area contributed by atoms with Crippen molar-refractivity contribution < 1.29 is 19.4 Å². The van der Waals surface area contributed by atoms with Gasteiger partial charge in [-0.05, 0) is 39.0 Å². The normalized spacial score (nSPS) is 10.8. The first-order chi connectivity index (χ1) is 11.3. The number of carbonyl (C=O) groups excluding carboxylic acids is 1. The van der Waals surface area contributed by atoms with Crippen LogP contribution < -0.4 is 5.32 Å². The summed E-state index contributed by atoms with van der Waals surface area (Å²) in [5.41, 5.74) is 0.769. The molecule has 1 aromatic heterocycles. The van der Waals surface area contributed by atoms with E-state index in [-0.39, 0.29) is 5.69 Å². The van der Waals surface area contributed by atoms with Crippen LogP contribution in [0.2, 0.25) is 0 Å². The van der Waals surface area contributed by atoms with Crippen LogP contribution in [0.25, 0.3) is 10.9 Å². The van der Waals surface area contributed by atoms with E-state index in [0.29, 0.717) is 29.4 Å². The van der Waals surface area contributed by atoms with Crippen molar-refractivity contribution >= 4 is 23.0 Å². The number of aromatic carboxylic acids is 1. The number of hydrogen-bond acceptors (Lipinski definition) is 4. The summed E-state index contributed by atoms with van der Waals surface area (Å²) in [5.74, 6) is 4.78. The van der Waals surface area contributed by atoms with Crippen molar-refractivity contribution in [3.63, 3.8) is 0 Å². The highest BCUT2D eigenvalue weighted by molar-refractivity contribution is 6.01. The van der Waals surface area contributed by atoms with E-state index in [1.54, 1.807) is 39.0 Å². The van der Waals surface area contributed by atoms with Gasteiger partial charge in [-0.2, -0.15) is 5.10 Å². The quantitative estimate of drug-likeness (QED) is 0.593.